The van der Waals surface area contributed by atoms with E-state index in [1.807, 2.05) is 20.0 Å². The summed E-state index contributed by atoms with van der Waals surface area (Å²) < 4.78 is 13.9. The van der Waals surface area contributed by atoms with Crippen LogP contribution in [0.15, 0.2) is 28.1 Å². The predicted octanol–water partition coefficient (Wildman–Crippen LogP) is 3.73. The number of aryl methyl sites for hydroxylation is 1. The number of nitrogens with one attached hydrogen (secondary N) is 1. The first-order valence-corrected chi connectivity index (χ1v) is 7.78. The number of likely N-dealkylation sites (N-methyl/N-ethyl adjacent to an activating group) is 1. The van der Waals surface area contributed by atoms with Gasteiger partial charge in [0.15, 0.2) is 0 Å². The zero-order valence-electron chi connectivity index (χ0n) is 10.9. The van der Waals surface area contributed by atoms with E-state index in [-0.39, 0.29) is 5.82 Å². The zero-order valence-corrected chi connectivity index (χ0v) is 13.3. The van der Waals surface area contributed by atoms with Gasteiger partial charge in [0.1, 0.15) is 5.82 Å². The fourth-order valence-corrected chi connectivity index (χ4v) is 3.12. The van der Waals surface area contributed by atoms with Crippen LogP contribution in [0.1, 0.15) is 16.3 Å². The maximum Gasteiger partial charge on any atom is 0.124 e. The molecule has 1 aromatic heterocycles. The van der Waals surface area contributed by atoms with Crippen LogP contribution in [-0.4, -0.2) is 18.1 Å². The van der Waals surface area contributed by atoms with Gasteiger partial charge in [-0.2, -0.15) is 0 Å². The smallest absolute Gasteiger partial charge is 0.124 e. The number of hydrogen-bond acceptors (Lipinski definition) is 3. The number of hydrogen-bond donors (Lipinski definition) is 1. The lowest BCUT2D eigenvalue weighted by atomic mass is 10.0. The molecule has 0 saturated carbocycles. The first-order chi connectivity index (χ1) is 9.08. The van der Waals surface area contributed by atoms with E-state index < -0.39 is 0 Å². The lowest BCUT2D eigenvalue weighted by Gasteiger charge is -2.16. The summed E-state index contributed by atoms with van der Waals surface area (Å²) in [6.45, 7) is 2.01. The summed E-state index contributed by atoms with van der Waals surface area (Å²) in [6.07, 6.45) is 1.72. The average Bonchev–Trinajstić information content (AvgIpc) is 2.77. The Hall–Kier alpha value is -0.780. The second-order valence-corrected chi connectivity index (χ2v) is 6.40. The topological polar surface area (TPSA) is 24.9 Å². The van der Waals surface area contributed by atoms with Gasteiger partial charge in [-0.3, -0.25) is 0 Å². The lowest BCUT2D eigenvalue weighted by Crippen LogP contribution is -2.30. The molecule has 0 aliphatic carbocycles. The van der Waals surface area contributed by atoms with E-state index in [1.165, 1.54) is 12.1 Å². The summed E-state index contributed by atoms with van der Waals surface area (Å²) in [7, 11) is 1.95. The zero-order chi connectivity index (χ0) is 13.8. The minimum absolute atomic E-state index is 0.216. The van der Waals surface area contributed by atoms with Gasteiger partial charge in [-0.25, -0.2) is 9.37 Å². The second kappa shape index (κ2) is 6.59. The van der Waals surface area contributed by atoms with Crippen LogP contribution in [-0.2, 0) is 12.8 Å². The molecule has 5 heteroatoms. The number of rotatable bonds is 5. The Kier molecular flexibility index (Phi) is 5.07. The van der Waals surface area contributed by atoms with Gasteiger partial charge in [0, 0.05) is 22.3 Å². The Labute approximate surface area is 125 Å². The van der Waals surface area contributed by atoms with Crippen LogP contribution in [0.5, 0.6) is 0 Å². The van der Waals surface area contributed by atoms with Gasteiger partial charge >= 0.3 is 0 Å². The Morgan fingerprint density at radius 3 is 2.79 bits per heavy atom. The van der Waals surface area contributed by atoms with Crippen molar-refractivity contribution in [3.8, 4) is 0 Å². The molecule has 0 fully saturated rings. The molecule has 0 aliphatic rings. The molecule has 0 bridgehead atoms. The Morgan fingerprint density at radius 2 is 2.21 bits per heavy atom. The number of halogens is 2. The number of benzene rings is 1. The van der Waals surface area contributed by atoms with Crippen LogP contribution in [0.3, 0.4) is 0 Å². The Bertz CT molecular complexity index is 556. The van der Waals surface area contributed by atoms with Crippen LogP contribution in [0.2, 0.25) is 0 Å². The fraction of sp³-hybridized carbons (Fsp3) is 0.357. The quantitative estimate of drug-likeness (QED) is 0.895. The predicted molar refractivity (Wildman–Crippen MR) is 81.2 cm³/mol. The van der Waals surface area contributed by atoms with Crippen LogP contribution in [0, 0.1) is 12.7 Å². The SMILES string of the molecule is CNC(Cc1csc(C)n1)Cc1ccc(F)cc1Br. The molecule has 0 saturated heterocycles. The van der Waals surface area contributed by atoms with Crippen molar-refractivity contribution in [1.29, 1.82) is 0 Å². The molecule has 0 aliphatic heterocycles. The molecule has 0 radical (unpaired) electrons. The third kappa shape index (κ3) is 4.09. The van der Waals surface area contributed by atoms with Crippen molar-refractivity contribution < 1.29 is 4.39 Å². The van der Waals surface area contributed by atoms with Gasteiger partial charge in [0.25, 0.3) is 0 Å². The highest BCUT2D eigenvalue weighted by molar-refractivity contribution is 9.10. The van der Waals surface area contributed by atoms with Crippen LogP contribution < -0.4 is 5.32 Å². The van der Waals surface area contributed by atoms with E-state index in [1.54, 1.807) is 11.3 Å². The molecule has 102 valence electrons. The van der Waals surface area contributed by atoms with Crippen LogP contribution in [0.25, 0.3) is 0 Å². The minimum atomic E-state index is -0.216. The summed E-state index contributed by atoms with van der Waals surface area (Å²) in [5, 5.41) is 6.49. The summed E-state index contributed by atoms with van der Waals surface area (Å²) >= 11 is 5.08. The summed E-state index contributed by atoms with van der Waals surface area (Å²) in [4.78, 5) is 4.48. The number of aromatic nitrogens is 1. The van der Waals surface area contributed by atoms with Crippen molar-refractivity contribution in [3.63, 3.8) is 0 Å². The van der Waals surface area contributed by atoms with Crippen molar-refractivity contribution in [2.75, 3.05) is 7.05 Å². The van der Waals surface area contributed by atoms with Crippen LogP contribution in [0.4, 0.5) is 4.39 Å². The molecule has 2 rings (SSSR count). The number of nitrogens with zero attached hydrogens (tertiary/aromatic N) is 1. The molecule has 2 aromatic rings. The highest BCUT2D eigenvalue weighted by atomic mass is 79.9. The molecule has 1 atom stereocenters. The van der Waals surface area contributed by atoms with Crippen molar-refractivity contribution in [3.05, 3.63) is 50.1 Å². The maximum absolute atomic E-state index is 13.1. The highest BCUT2D eigenvalue weighted by Gasteiger charge is 2.12. The van der Waals surface area contributed by atoms with Crippen molar-refractivity contribution in [2.45, 2.75) is 25.8 Å². The first-order valence-electron chi connectivity index (χ1n) is 6.10. The largest absolute Gasteiger partial charge is 0.316 e. The van der Waals surface area contributed by atoms with Gasteiger partial charge in [0.2, 0.25) is 0 Å². The van der Waals surface area contributed by atoms with Gasteiger partial charge < -0.3 is 5.32 Å². The maximum atomic E-state index is 13.1. The van der Waals surface area contributed by atoms with E-state index in [0.717, 1.165) is 33.6 Å². The molecule has 1 aromatic carbocycles. The molecule has 1 N–H and O–H groups in total. The highest BCUT2D eigenvalue weighted by Crippen LogP contribution is 2.20. The van der Waals surface area contributed by atoms with E-state index >= 15 is 0 Å². The third-order valence-electron chi connectivity index (χ3n) is 3.01. The van der Waals surface area contributed by atoms with Gasteiger partial charge in [0.05, 0.1) is 10.7 Å². The third-order valence-corrected chi connectivity index (χ3v) is 4.57. The lowest BCUT2D eigenvalue weighted by molar-refractivity contribution is 0.549. The summed E-state index contributed by atoms with van der Waals surface area (Å²) in [5.41, 5.74) is 2.22. The second-order valence-electron chi connectivity index (χ2n) is 4.49. The van der Waals surface area contributed by atoms with Crippen molar-refractivity contribution in [2.24, 2.45) is 0 Å². The van der Waals surface area contributed by atoms with Gasteiger partial charge in [-0.15, -0.1) is 11.3 Å². The van der Waals surface area contributed by atoms with Crippen molar-refractivity contribution in [1.82, 2.24) is 10.3 Å². The van der Waals surface area contributed by atoms with Gasteiger partial charge in [-0.05, 0) is 38.1 Å². The molecule has 19 heavy (non-hydrogen) atoms. The number of thiazole rings is 1. The van der Waals surface area contributed by atoms with Crippen molar-refractivity contribution >= 4 is 27.3 Å². The molecular formula is C14H16BrFN2S. The molecule has 2 nitrogen and oxygen atoms in total. The standard InChI is InChI=1S/C14H16BrFN2S/c1-9-18-13(8-19-9)7-12(17-2)5-10-3-4-11(16)6-14(10)15/h3-4,6,8,12,17H,5,7H2,1-2H3. The summed E-state index contributed by atoms with van der Waals surface area (Å²) in [5.74, 6) is -0.216. The van der Waals surface area contributed by atoms with E-state index in [0.29, 0.717) is 6.04 Å². The van der Waals surface area contributed by atoms with E-state index in [4.69, 9.17) is 0 Å². The molecule has 1 heterocycles. The van der Waals surface area contributed by atoms with E-state index in [9.17, 15) is 4.39 Å². The fourth-order valence-electron chi connectivity index (χ4n) is 1.98. The van der Waals surface area contributed by atoms with Crippen LogP contribution >= 0.6 is 27.3 Å². The summed E-state index contributed by atoms with van der Waals surface area (Å²) in [6, 6.07) is 5.13. The normalized spacial score (nSPS) is 12.6. The first kappa shape index (κ1) is 14.6. The minimum Gasteiger partial charge on any atom is -0.316 e. The average molecular weight is 343 g/mol. The Morgan fingerprint density at radius 1 is 1.42 bits per heavy atom. The van der Waals surface area contributed by atoms with E-state index in [2.05, 4.69) is 31.6 Å². The molecule has 0 spiro atoms. The van der Waals surface area contributed by atoms with Gasteiger partial charge in [-0.1, -0.05) is 22.0 Å². The Balaban J connectivity index is 2.06. The molecular weight excluding hydrogens is 327 g/mol. The molecule has 0 amide bonds. The molecule has 1 unspecified atom stereocenters. The monoisotopic (exact) mass is 342 g/mol.